The summed E-state index contributed by atoms with van der Waals surface area (Å²) in [5.41, 5.74) is 2.37. The summed E-state index contributed by atoms with van der Waals surface area (Å²) >= 11 is 6.74. The van der Waals surface area contributed by atoms with Gasteiger partial charge in [0.1, 0.15) is 0 Å². The first-order valence-electron chi connectivity index (χ1n) is 4.06. The smallest absolute Gasteiger partial charge is 0.0283 e. The molecule has 13 heavy (non-hydrogen) atoms. The SMILES string of the molecule is BrCCC#Cc1ccc(CBr)cc1. The van der Waals surface area contributed by atoms with Gasteiger partial charge in [-0.25, -0.2) is 0 Å². The molecule has 2 heteroatoms. The highest BCUT2D eigenvalue weighted by Gasteiger charge is 1.88. The lowest BCUT2D eigenvalue weighted by molar-refractivity contribution is 1.32. The maximum absolute atomic E-state index is 3.40. The van der Waals surface area contributed by atoms with Gasteiger partial charge in [-0.05, 0) is 17.7 Å². The molecule has 0 amide bonds. The molecule has 0 saturated carbocycles. The molecular weight excluding hydrogens is 292 g/mol. The fourth-order valence-corrected chi connectivity index (χ4v) is 1.46. The van der Waals surface area contributed by atoms with Crippen LogP contribution in [-0.4, -0.2) is 5.33 Å². The molecule has 0 aliphatic heterocycles. The van der Waals surface area contributed by atoms with Crippen molar-refractivity contribution >= 4 is 31.9 Å². The molecule has 0 atom stereocenters. The van der Waals surface area contributed by atoms with Crippen LogP contribution < -0.4 is 0 Å². The van der Waals surface area contributed by atoms with Gasteiger partial charge in [0, 0.05) is 22.6 Å². The quantitative estimate of drug-likeness (QED) is 0.577. The molecule has 1 rings (SSSR count). The topological polar surface area (TPSA) is 0 Å². The van der Waals surface area contributed by atoms with Gasteiger partial charge in [0.25, 0.3) is 0 Å². The first-order valence-corrected chi connectivity index (χ1v) is 6.31. The Balaban J connectivity index is 2.65. The predicted molar refractivity (Wildman–Crippen MR) is 64.4 cm³/mol. The predicted octanol–water partition coefficient (Wildman–Crippen LogP) is 3.72. The Bertz CT molecular complexity index is 303. The van der Waals surface area contributed by atoms with Gasteiger partial charge in [-0.2, -0.15) is 0 Å². The number of halogens is 2. The Labute approximate surface area is 96.0 Å². The van der Waals surface area contributed by atoms with E-state index in [0.29, 0.717) is 0 Å². The molecule has 0 N–H and O–H groups in total. The minimum Gasteiger partial charge on any atom is -0.0970 e. The maximum atomic E-state index is 3.40. The van der Waals surface area contributed by atoms with Crippen LogP contribution in [0.1, 0.15) is 17.5 Å². The fraction of sp³-hybridized carbons (Fsp3) is 0.273. The summed E-state index contributed by atoms with van der Waals surface area (Å²) < 4.78 is 0. The second kappa shape index (κ2) is 6.23. The van der Waals surface area contributed by atoms with Crippen LogP contribution in [0.15, 0.2) is 24.3 Å². The molecule has 0 aromatic heterocycles. The van der Waals surface area contributed by atoms with E-state index in [0.717, 1.165) is 22.6 Å². The second-order valence-electron chi connectivity index (χ2n) is 2.57. The molecule has 0 fully saturated rings. The third kappa shape index (κ3) is 3.97. The van der Waals surface area contributed by atoms with Crippen LogP contribution in [0.3, 0.4) is 0 Å². The Hall–Kier alpha value is -0.260. The van der Waals surface area contributed by atoms with Crippen molar-refractivity contribution in [3.05, 3.63) is 35.4 Å². The summed E-state index contributed by atoms with van der Waals surface area (Å²) in [6, 6.07) is 8.29. The van der Waals surface area contributed by atoms with Crippen molar-refractivity contribution in [1.82, 2.24) is 0 Å². The minimum atomic E-state index is 0.903. The zero-order valence-corrected chi connectivity index (χ0v) is 10.4. The molecule has 0 unspecified atom stereocenters. The molecule has 0 bridgehead atoms. The van der Waals surface area contributed by atoms with Crippen LogP contribution >= 0.6 is 31.9 Å². The second-order valence-corrected chi connectivity index (χ2v) is 3.93. The van der Waals surface area contributed by atoms with Crippen molar-refractivity contribution < 1.29 is 0 Å². The van der Waals surface area contributed by atoms with Crippen molar-refractivity contribution in [2.75, 3.05) is 5.33 Å². The highest BCUT2D eigenvalue weighted by molar-refractivity contribution is 9.09. The lowest BCUT2D eigenvalue weighted by Crippen LogP contribution is -1.78. The van der Waals surface area contributed by atoms with Gasteiger partial charge in [-0.15, -0.1) is 0 Å². The first kappa shape index (κ1) is 10.8. The van der Waals surface area contributed by atoms with E-state index < -0.39 is 0 Å². The average Bonchev–Trinajstić information content (AvgIpc) is 2.19. The summed E-state index contributed by atoms with van der Waals surface area (Å²) in [5, 5.41) is 1.85. The van der Waals surface area contributed by atoms with E-state index in [1.54, 1.807) is 0 Å². The molecule has 0 saturated heterocycles. The van der Waals surface area contributed by atoms with Crippen LogP contribution in [0.2, 0.25) is 0 Å². The highest BCUT2D eigenvalue weighted by atomic mass is 79.9. The van der Waals surface area contributed by atoms with E-state index in [1.807, 2.05) is 0 Å². The van der Waals surface area contributed by atoms with Crippen molar-refractivity contribution in [2.45, 2.75) is 11.8 Å². The number of hydrogen-bond donors (Lipinski definition) is 0. The maximum Gasteiger partial charge on any atom is 0.0283 e. The normalized spacial score (nSPS) is 9.08. The van der Waals surface area contributed by atoms with Gasteiger partial charge in [-0.3, -0.25) is 0 Å². The van der Waals surface area contributed by atoms with E-state index >= 15 is 0 Å². The van der Waals surface area contributed by atoms with Crippen LogP contribution in [0.5, 0.6) is 0 Å². The average molecular weight is 302 g/mol. The van der Waals surface area contributed by atoms with E-state index in [1.165, 1.54) is 5.56 Å². The molecule has 68 valence electrons. The van der Waals surface area contributed by atoms with Gasteiger partial charge in [-0.1, -0.05) is 55.8 Å². The van der Waals surface area contributed by atoms with Gasteiger partial charge in [0.15, 0.2) is 0 Å². The number of hydrogen-bond acceptors (Lipinski definition) is 0. The third-order valence-corrected chi connectivity index (χ3v) is 2.60. The van der Waals surface area contributed by atoms with Crippen LogP contribution in [0, 0.1) is 11.8 Å². The van der Waals surface area contributed by atoms with Crippen LogP contribution in [0.4, 0.5) is 0 Å². The third-order valence-electron chi connectivity index (χ3n) is 1.56. The van der Waals surface area contributed by atoms with Gasteiger partial charge < -0.3 is 0 Å². The van der Waals surface area contributed by atoms with Crippen LogP contribution in [-0.2, 0) is 5.33 Å². The number of benzene rings is 1. The standard InChI is InChI=1S/C11H10Br2/c12-8-2-1-3-10-4-6-11(9-13)7-5-10/h4-7H,2,8-9H2. The molecule has 0 spiro atoms. The van der Waals surface area contributed by atoms with E-state index in [2.05, 4.69) is 68.0 Å². The lowest BCUT2D eigenvalue weighted by Gasteiger charge is -1.93. The zero-order valence-electron chi connectivity index (χ0n) is 7.19. The summed E-state index contributed by atoms with van der Waals surface area (Å²) in [5.74, 6) is 6.18. The monoisotopic (exact) mass is 300 g/mol. The molecule has 1 aromatic carbocycles. The zero-order chi connectivity index (χ0) is 9.52. The van der Waals surface area contributed by atoms with Crippen molar-refractivity contribution in [3.63, 3.8) is 0 Å². The molecule has 0 heterocycles. The highest BCUT2D eigenvalue weighted by Crippen LogP contribution is 2.06. The molecule has 1 aromatic rings. The number of alkyl halides is 2. The Morgan fingerprint density at radius 2 is 1.77 bits per heavy atom. The van der Waals surface area contributed by atoms with Gasteiger partial charge in [0.05, 0.1) is 0 Å². The molecular formula is C11H10Br2. The molecule has 0 aliphatic carbocycles. The Morgan fingerprint density at radius 1 is 1.08 bits per heavy atom. The van der Waals surface area contributed by atoms with Crippen molar-refractivity contribution in [1.29, 1.82) is 0 Å². The van der Waals surface area contributed by atoms with Gasteiger partial charge in [0.2, 0.25) is 0 Å². The molecule has 0 radical (unpaired) electrons. The number of rotatable bonds is 2. The Kier molecular flexibility index (Phi) is 5.19. The largest absolute Gasteiger partial charge is 0.0970 e. The summed E-state index contributed by atoms with van der Waals surface area (Å²) in [6.07, 6.45) is 0.903. The molecule has 0 nitrogen and oxygen atoms in total. The summed E-state index contributed by atoms with van der Waals surface area (Å²) in [6.45, 7) is 0. The first-order chi connectivity index (χ1) is 6.36. The minimum absolute atomic E-state index is 0.903. The summed E-state index contributed by atoms with van der Waals surface area (Å²) in [7, 11) is 0. The van der Waals surface area contributed by atoms with Crippen molar-refractivity contribution in [3.8, 4) is 11.8 Å². The lowest BCUT2D eigenvalue weighted by atomic mass is 10.1. The Morgan fingerprint density at radius 3 is 2.31 bits per heavy atom. The van der Waals surface area contributed by atoms with E-state index in [9.17, 15) is 0 Å². The van der Waals surface area contributed by atoms with Gasteiger partial charge >= 0.3 is 0 Å². The van der Waals surface area contributed by atoms with Crippen molar-refractivity contribution in [2.24, 2.45) is 0 Å². The molecule has 0 aliphatic rings. The summed E-state index contributed by atoms with van der Waals surface area (Å²) in [4.78, 5) is 0. The van der Waals surface area contributed by atoms with E-state index in [4.69, 9.17) is 0 Å². The van der Waals surface area contributed by atoms with E-state index in [-0.39, 0.29) is 0 Å². The van der Waals surface area contributed by atoms with Crippen LogP contribution in [0.25, 0.3) is 0 Å². The fourth-order valence-electron chi connectivity index (χ4n) is 0.889.